The van der Waals surface area contributed by atoms with E-state index in [1.807, 2.05) is 19.1 Å². The van der Waals surface area contributed by atoms with E-state index in [2.05, 4.69) is 4.98 Å². The molecule has 1 unspecified atom stereocenters. The Morgan fingerprint density at radius 1 is 1.25 bits per heavy atom. The predicted octanol–water partition coefficient (Wildman–Crippen LogP) is 3.02. The van der Waals surface area contributed by atoms with Crippen LogP contribution in [-0.2, 0) is 17.6 Å². The monoisotopic (exact) mass is 273 g/mol. The van der Waals surface area contributed by atoms with E-state index in [1.54, 1.807) is 24.4 Å². The number of benzene rings is 1. The molecular formula is C16H16FNO2. The summed E-state index contributed by atoms with van der Waals surface area (Å²) in [4.78, 5) is 15.6. The van der Waals surface area contributed by atoms with Crippen LogP contribution >= 0.6 is 0 Å². The van der Waals surface area contributed by atoms with Crippen LogP contribution in [0.25, 0.3) is 0 Å². The van der Waals surface area contributed by atoms with Crippen molar-refractivity contribution in [3.05, 3.63) is 65.2 Å². The standard InChI is InChI=1S/C16H16FNO2/c1-11-5-4-8-18-15(11)10-13(16(19)20)9-12-6-2-3-7-14(12)17/h2-8,13H,9-10H2,1H3,(H,19,20). The summed E-state index contributed by atoms with van der Waals surface area (Å²) in [5.41, 5.74) is 2.12. The van der Waals surface area contributed by atoms with Gasteiger partial charge in [-0.25, -0.2) is 4.39 Å². The Balaban J connectivity index is 2.19. The third-order valence-electron chi connectivity index (χ3n) is 3.33. The Morgan fingerprint density at radius 2 is 2.00 bits per heavy atom. The molecule has 20 heavy (non-hydrogen) atoms. The fourth-order valence-electron chi connectivity index (χ4n) is 2.14. The number of aryl methyl sites for hydroxylation is 1. The molecule has 1 atom stereocenters. The van der Waals surface area contributed by atoms with Crippen molar-refractivity contribution in [2.24, 2.45) is 5.92 Å². The van der Waals surface area contributed by atoms with Gasteiger partial charge in [-0.15, -0.1) is 0 Å². The minimum Gasteiger partial charge on any atom is -0.481 e. The summed E-state index contributed by atoms with van der Waals surface area (Å²) in [7, 11) is 0. The molecule has 0 aliphatic heterocycles. The molecule has 0 amide bonds. The lowest BCUT2D eigenvalue weighted by Crippen LogP contribution is -2.20. The summed E-state index contributed by atoms with van der Waals surface area (Å²) >= 11 is 0. The Hall–Kier alpha value is -2.23. The number of aliphatic carboxylic acids is 1. The molecule has 1 N–H and O–H groups in total. The number of carboxylic acids is 1. The zero-order chi connectivity index (χ0) is 14.5. The number of aromatic nitrogens is 1. The average molecular weight is 273 g/mol. The average Bonchev–Trinajstić information content (AvgIpc) is 2.42. The molecule has 0 saturated heterocycles. The quantitative estimate of drug-likeness (QED) is 0.911. The predicted molar refractivity (Wildman–Crippen MR) is 73.9 cm³/mol. The maximum absolute atomic E-state index is 13.6. The zero-order valence-corrected chi connectivity index (χ0v) is 11.2. The van der Waals surface area contributed by atoms with Crippen molar-refractivity contribution >= 4 is 5.97 Å². The number of carbonyl (C=O) groups is 1. The molecule has 0 aliphatic rings. The number of hydrogen-bond donors (Lipinski definition) is 1. The van der Waals surface area contributed by atoms with Crippen LogP contribution in [0.3, 0.4) is 0 Å². The number of halogens is 1. The van der Waals surface area contributed by atoms with Gasteiger partial charge in [-0.05, 0) is 36.6 Å². The van der Waals surface area contributed by atoms with Gasteiger partial charge in [-0.3, -0.25) is 9.78 Å². The van der Waals surface area contributed by atoms with Crippen molar-refractivity contribution in [2.45, 2.75) is 19.8 Å². The van der Waals surface area contributed by atoms with Gasteiger partial charge in [0.25, 0.3) is 0 Å². The third kappa shape index (κ3) is 3.41. The Labute approximate surface area is 117 Å². The lowest BCUT2D eigenvalue weighted by atomic mass is 9.93. The highest BCUT2D eigenvalue weighted by Crippen LogP contribution is 2.18. The second-order valence-electron chi connectivity index (χ2n) is 4.80. The van der Waals surface area contributed by atoms with Gasteiger partial charge < -0.3 is 5.11 Å². The summed E-state index contributed by atoms with van der Waals surface area (Å²) in [5.74, 6) is -1.98. The maximum atomic E-state index is 13.6. The zero-order valence-electron chi connectivity index (χ0n) is 11.2. The molecule has 0 spiro atoms. The smallest absolute Gasteiger partial charge is 0.307 e. The van der Waals surface area contributed by atoms with E-state index in [9.17, 15) is 14.3 Å². The summed E-state index contributed by atoms with van der Waals surface area (Å²) in [6, 6.07) is 9.98. The van der Waals surface area contributed by atoms with E-state index in [-0.39, 0.29) is 12.2 Å². The highest BCUT2D eigenvalue weighted by molar-refractivity contribution is 5.70. The van der Waals surface area contributed by atoms with Crippen LogP contribution < -0.4 is 0 Å². The number of rotatable bonds is 5. The van der Waals surface area contributed by atoms with Crippen LogP contribution in [0, 0.1) is 18.7 Å². The molecule has 104 valence electrons. The molecule has 3 nitrogen and oxygen atoms in total. The Bertz CT molecular complexity index is 565. The van der Waals surface area contributed by atoms with Gasteiger partial charge in [0, 0.05) is 18.3 Å². The number of carboxylic acid groups (broad SMARTS) is 1. The first kappa shape index (κ1) is 14.2. The van der Waals surface area contributed by atoms with Crippen LogP contribution in [-0.4, -0.2) is 16.1 Å². The largest absolute Gasteiger partial charge is 0.481 e. The maximum Gasteiger partial charge on any atom is 0.307 e. The van der Waals surface area contributed by atoms with Crippen LogP contribution in [0.2, 0.25) is 0 Å². The molecule has 0 saturated carbocycles. The highest BCUT2D eigenvalue weighted by Gasteiger charge is 2.21. The summed E-state index contributed by atoms with van der Waals surface area (Å²) in [5, 5.41) is 9.33. The van der Waals surface area contributed by atoms with Gasteiger partial charge in [-0.1, -0.05) is 24.3 Å². The van der Waals surface area contributed by atoms with Crippen molar-refractivity contribution in [1.29, 1.82) is 0 Å². The molecule has 1 heterocycles. The van der Waals surface area contributed by atoms with Crippen LogP contribution in [0.5, 0.6) is 0 Å². The molecule has 2 aromatic rings. The SMILES string of the molecule is Cc1cccnc1CC(Cc1ccccc1F)C(=O)O. The van der Waals surface area contributed by atoms with Crippen molar-refractivity contribution in [3.63, 3.8) is 0 Å². The Kier molecular flexibility index (Phi) is 4.45. The van der Waals surface area contributed by atoms with E-state index in [1.165, 1.54) is 6.07 Å². The van der Waals surface area contributed by atoms with Crippen molar-refractivity contribution < 1.29 is 14.3 Å². The molecule has 1 aromatic carbocycles. The van der Waals surface area contributed by atoms with Crippen LogP contribution in [0.4, 0.5) is 4.39 Å². The highest BCUT2D eigenvalue weighted by atomic mass is 19.1. The normalized spacial score (nSPS) is 12.1. The molecule has 0 aliphatic carbocycles. The molecule has 4 heteroatoms. The van der Waals surface area contributed by atoms with Crippen molar-refractivity contribution in [1.82, 2.24) is 4.98 Å². The first-order chi connectivity index (χ1) is 9.58. The van der Waals surface area contributed by atoms with E-state index in [0.717, 1.165) is 11.3 Å². The molecule has 1 aromatic heterocycles. The third-order valence-corrected chi connectivity index (χ3v) is 3.33. The molecular weight excluding hydrogens is 257 g/mol. The Morgan fingerprint density at radius 3 is 2.65 bits per heavy atom. The van der Waals surface area contributed by atoms with E-state index < -0.39 is 11.9 Å². The molecule has 0 fully saturated rings. The first-order valence-corrected chi connectivity index (χ1v) is 6.44. The molecule has 2 rings (SSSR count). The second kappa shape index (κ2) is 6.28. The summed E-state index contributed by atoms with van der Waals surface area (Å²) in [6.45, 7) is 1.89. The van der Waals surface area contributed by atoms with Gasteiger partial charge in [0.2, 0.25) is 0 Å². The van der Waals surface area contributed by atoms with E-state index in [4.69, 9.17) is 0 Å². The van der Waals surface area contributed by atoms with Crippen LogP contribution in [0.1, 0.15) is 16.8 Å². The topological polar surface area (TPSA) is 50.2 Å². The fourth-order valence-corrected chi connectivity index (χ4v) is 2.14. The summed E-state index contributed by atoms with van der Waals surface area (Å²) in [6.07, 6.45) is 2.11. The number of pyridine rings is 1. The summed E-state index contributed by atoms with van der Waals surface area (Å²) < 4.78 is 13.6. The molecule has 0 radical (unpaired) electrons. The first-order valence-electron chi connectivity index (χ1n) is 6.44. The van der Waals surface area contributed by atoms with Gasteiger partial charge in [0.1, 0.15) is 5.82 Å². The van der Waals surface area contributed by atoms with Gasteiger partial charge in [0.15, 0.2) is 0 Å². The van der Waals surface area contributed by atoms with Crippen LogP contribution in [0.15, 0.2) is 42.6 Å². The fraction of sp³-hybridized carbons (Fsp3) is 0.250. The van der Waals surface area contributed by atoms with E-state index in [0.29, 0.717) is 12.0 Å². The second-order valence-corrected chi connectivity index (χ2v) is 4.80. The van der Waals surface area contributed by atoms with E-state index >= 15 is 0 Å². The number of hydrogen-bond acceptors (Lipinski definition) is 2. The molecule has 0 bridgehead atoms. The van der Waals surface area contributed by atoms with Gasteiger partial charge in [0.05, 0.1) is 5.92 Å². The van der Waals surface area contributed by atoms with Gasteiger partial charge >= 0.3 is 5.97 Å². The van der Waals surface area contributed by atoms with Crippen molar-refractivity contribution in [3.8, 4) is 0 Å². The minimum absolute atomic E-state index is 0.165. The minimum atomic E-state index is -0.932. The number of nitrogens with zero attached hydrogens (tertiary/aromatic N) is 1. The lowest BCUT2D eigenvalue weighted by molar-refractivity contribution is -0.141. The van der Waals surface area contributed by atoms with Crippen molar-refractivity contribution in [2.75, 3.05) is 0 Å². The van der Waals surface area contributed by atoms with Gasteiger partial charge in [-0.2, -0.15) is 0 Å². The lowest BCUT2D eigenvalue weighted by Gasteiger charge is -2.13.